The van der Waals surface area contributed by atoms with Crippen molar-refractivity contribution in [2.45, 2.75) is 37.6 Å². The number of hydrogen-bond donors (Lipinski definition) is 1. The number of rotatable bonds is 2. The molecule has 0 aromatic heterocycles. The number of urea groups is 1. The number of ether oxygens (including phenoxy) is 1. The first-order valence-corrected chi connectivity index (χ1v) is 8.90. The van der Waals surface area contributed by atoms with E-state index in [1.165, 1.54) is 18.2 Å². The van der Waals surface area contributed by atoms with Crippen molar-refractivity contribution in [2.75, 3.05) is 20.2 Å². The molecule has 3 atom stereocenters. The van der Waals surface area contributed by atoms with E-state index in [0.717, 1.165) is 12.8 Å². The number of benzene rings is 1. The topological polar surface area (TPSA) is 58.6 Å². The van der Waals surface area contributed by atoms with Gasteiger partial charge in [0.25, 0.3) is 0 Å². The van der Waals surface area contributed by atoms with Crippen LogP contribution >= 0.6 is 0 Å². The SMILES string of the molecule is COC(=O)C1CCN(C(=O)N[C@@H]2[C@H]3CCc4ccccc4[C@@H]32)CC1. The van der Waals surface area contributed by atoms with Gasteiger partial charge in [0.15, 0.2) is 0 Å². The third-order valence-corrected chi connectivity index (χ3v) is 5.94. The lowest BCUT2D eigenvalue weighted by molar-refractivity contribution is -0.146. The zero-order valence-electron chi connectivity index (χ0n) is 14.0. The van der Waals surface area contributed by atoms with Gasteiger partial charge >= 0.3 is 12.0 Å². The minimum atomic E-state index is -0.153. The van der Waals surface area contributed by atoms with Crippen LogP contribution in [0.1, 0.15) is 36.3 Å². The van der Waals surface area contributed by atoms with Crippen molar-refractivity contribution < 1.29 is 14.3 Å². The normalized spacial score (nSPS) is 28.5. The number of methoxy groups -OCH3 is 1. The summed E-state index contributed by atoms with van der Waals surface area (Å²) in [7, 11) is 1.42. The number of hydrogen-bond acceptors (Lipinski definition) is 3. The molecule has 1 N–H and O–H groups in total. The Labute approximate surface area is 142 Å². The van der Waals surface area contributed by atoms with Crippen molar-refractivity contribution in [3.8, 4) is 0 Å². The fourth-order valence-corrected chi connectivity index (χ4v) is 4.48. The predicted octanol–water partition coefficient (Wildman–Crippen LogP) is 2.31. The molecule has 0 radical (unpaired) electrons. The van der Waals surface area contributed by atoms with Gasteiger partial charge in [-0.2, -0.15) is 0 Å². The highest BCUT2D eigenvalue weighted by atomic mass is 16.5. The van der Waals surface area contributed by atoms with Crippen LogP contribution in [0.5, 0.6) is 0 Å². The van der Waals surface area contributed by atoms with Crippen LogP contribution in [0.4, 0.5) is 4.79 Å². The van der Waals surface area contributed by atoms with Gasteiger partial charge in [-0.25, -0.2) is 4.79 Å². The smallest absolute Gasteiger partial charge is 0.317 e. The van der Waals surface area contributed by atoms with Crippen LogP contribution in [0.25, 0.3) is 0 Å². The molecule has 1 heterocycles. The maximum atomic E-state index is 12.5. The van der Waals surface area contributed by atoms with Crippen LogP contribution in [-0.2, 0) is 16.0 Å². The number of fused-ring (bicyclic) bond motifs is 3. The average molecular weight is 328 g/mol. The molecule has 0 unspecified atom stereocenters. The van der Waals surface area contributed by atoms with E-state index < -0.39 is 0 Å². The maximum absolute atomic E-state index is 12.5. The van der Waals surface area contributed by atoms with Crippen LogP contribution in [0.15, 0.2) is 24.3 Å². The van der Waals surface area contributed by atoms with Gasteiger partial charge in [0.05, 0.1) is 13.0 Å². The number of piperidine rings is 1. The van der Waals surface area contributed by atoms with Crippen LogP contribution in [0, 0.1) is 11.8 Å². The van der Waals surface area contributed by atoms with Crippen molar-refractivity contribution in [3.63, 3.8) is 0 Å². The molecule has 128 valence electrons. The zero-order chi connectivity index (χ0) is 16.7. The summed E-state index contributed by atoms with van der Waals surface area (Å²) in [4.78, 5) is 26.0. The summed E-state index contributed by atoms with van der Waals surface area (Å²) in [5, 5.41) is 3.24. The molecule has 4 rings (SSSR count). The lowest BCUT2D eigenvalue weighted by Gasteiger charge is -2.30. The lowest BCUT2D eigenvalue weighted by Crippen LogP contribution is -2.46. The molecule has 1 aliphatic heterocycles. The molecule has 1 aromatic carbocycles. The second-order valence-electron chi connectivity index (χ2n) is 7.19. The third kappa shape index (κ3) is 2.66. The summed E-state index contributed by atoms with van der Waals surface area (Å²) < 4.78 is 4.80. The highest BCUT2D eigenvalue weighted by molar-refractivity contribution is 5.77. The van der Waals surface area contributed by atoms with Crippen LogP contribution < -0.4 is 5.32 Å². The van der Waals surface area contributed by atoms with E-state index in [-0.39, 0.29) is 24.0 Å². The molecule has 24 heavy (non-hydrogen) atoms. The average Bonchev–Trinajstić information content (AvgIpc) is 3.34. The van der Waals surface area contributed by atoms with Crippen LogP contribution in [0.3, 0.4) is 0 Å². The number of aryl methyl sites for hydroxylation is 1. The summed E-state index contributed by atoms with van der Waals surface area (Å²) in [6, 6.07) is 8.91. The van der Waals surface area contributed by atoms with Crippen LogP contribution in [-0.4, -0.2) is 43.1 Å². The maximum Gasteiger partial charge on any atom is 0.317 e. The molecule has 2 aliphatic carbocycles. The Morgan fingerprint density at radius 1 is 1.17 bits per heavy atom. The molecule has 5 nitrogen and oxygen atoms in total. The van der Waals surface area contributed by atoms with Crippen molar-refractivity contribution >= 4 is 12.0 Å². The van der Waals surface area contributed by atoms with E-state index in [1.54, 1.807) is 0 Å². The van der Waals surface area contributed by atoms with E-state index in [9.17, 15) is 9.59 Å². The molecule has 1 aromatic rings. The number of nitrogens with one attached hydrogen (secondary N) is 1. The highest BCUT2D eigenvalue weighted by Crippen LogP contribution is 2.54. The van der Waals surface area contributed by atoms with Gasteiger partial charge in [-0.15, -0.1) is 0 Å². The Morgan fingerprint density at radius 3 is 2.67 bits per heavy atom. The molecular weight excluding hydrogens is 304 g/mol. The molecule has 3 aliphatic rings. The first kappa shape index (κ1) is 15.5. The molecule has 5 heteroatoms. The van der Waals surface area contributed by atoms with Gasteiger partial charge in [0, 0.05) is 25.0 Å². The van der Waals surface area contributed by atoms with E-state index in [2.05, 4.69) is 29.6 Å². The van der Waals surface area contributed by atoms with Gasteiger partial charge < -0.3 is 15.0 Å². The molecule has 0 spiro atoms. The fraction of sp³-hybridized carbons (Fsp3) is 0.579. The van der Waals surface area contributed by atoms with Gasteiger partial charge in [-0.3, -0.25) is 4.79 Å². The van der Waals surface area contributed by atoms with E-state index >= 15 is 0 Å². The minimum Gasteiger partial charge on any atom is -0.469 e. The summed E-state index contributed by atoms with van der Waals surface area (Å²) in [6.45, 7) is 1.26. The number of esters is 1. The summed E-state index contributed by atoms with van der Waals surface area (Å²) >= 11 is 0. The van der Waals surface area contributed by atoms with Crippen LogP contribution in [0.2, 0.25) is 0 Å². The fourth-order valence-electron chi connectivity index (χ4n) is 4.48. The number of nitrogens with zero attached hydrogens (tertiary/aromatic N) is 1. The third-order valence-electron chi connectivity index (χ3n) is 5.94. The number of amides is 2. The zero-order valence-corrected chi connectivity index (χ0v) is 14.0. The van der Waals surface area contributed by atoms with Crippen molar-refractivity contribution in [2.24, 2.45) is 11.8 Å². The van der Waals surface area contributed by atoms with Gasteiger partial charge in [-0.1, -0.05) is 24.3 Å². The second-order valence-corrected chi connectivity index (χ2v) is 7.19. The molecule has 2 amide bonds. The molecular formula is C19H24N2O3. The Balaban J connectivity index is 1.33. The van der Waals surface area contributed by atoms with E-state index in [1.807, 2.05) is 4.90 Å². The number of carbonyl (C=O) groups is 2. The molecule has 1 saturated carbocycles. The van der Waals surface area contributed by atoms with E-state index in [4.69, 9.17) is 4.74 Å². The first-order chi connectivity index (χ1) is 11.7. The Bertz CT molecular complexity index is 652. The van der Waals surface area contributed by atoms with Gasteiger partial charge in [-0.05, 0) is 42.7 Å². The Kier molecular flexibility index (Phi) is 3.94. The van der Waals surface area contributed by atoms with Gasteiger partial charge in [0.1, 0.15) is 0 Å². The number of likely N-dealkylation sites (tertiary alicyclic amines) is 1. The quantitative estimate of drug-likeness (QED) is 0.848. The molecule has 0 bridgehead atoms. The Hall–Kier alpha value is -2.04. The Morgan fingerprint density at radius 2 is 1.92 bits per heavy atom. The monoisotopic (exact) mass is 328 g/mol. The van der Waals surface area contributed by atoms with Crippen molar-refractivity contribution in [1.82, 2.24) is 10.2 Å². The molecule has 1 saturated heterocycles. The minimum absolute atomic E-state index is 0.0233. The summed E-state index contributed by atoms with van der Waals surface area (Å²) in [5.41, 5.74) is 2.86. The van der Waals surface area contributed by atoms with Crippen molar-refractivity contribution in [1.29, 1.82) is 0 Å². The van der Waals surface area contributed by atoms with Crippen molar-refractivity contribution in [3.05, 3.63) is 35.4 Å². The largest absolute Gasteiger partial charge is 0.469 e. The standard InChI is InChI=1S/C19H24N2O3/c1-24-18(22)13-8-10-21(11-9-13)19(23)20-17-15-7-6-12-4-2-3-5-14(12)16(15)17/h2-5,13,15-17H,6-11H2,1H3,(H,20,23)/t15-,16-,17+/m0/s1. The lowest BCUT2D eigenvalue weighted by atomic mass is 9.92. The van der Waals surface area contributed by atoms with Gasteiger partial charge in [0.2, 0.25) is 0 Å². The first-order valence-electron chi connectivity index (χ1n) is 8.90. The summed E-state index contributed by atoms with van der Waals surface area (Å²) in [6.07, 6.45) is 3.67. The highest BCUT2D eigenvalue weighted by Gasteiger charge is 2.54. The summed E-state index contributed by atoms with van der Waals surface area (Å²) in [5.74, 6) is 0.872. The number of carbonyl (C=O) groups excluding carboxylic acids is 2. The molecule has 2 fully saturated rings. The predicted molar refractivity (Wildman–Crippen MR) is 89.6 cm³/mol. The second kappa shape index (κ2) is 6.11. The van der Waals surface area contributed by atoms with E-state index in [0.29, 0.717) is 37.8 Å².